The first-order valence-corrected chi connectivity index (χ1v) is 16.3. The van der Waals surface area contributed by atoms with E-state index in [1.807, 2.05) is 6.08 Å². The number of nitrogens with zero attached hydrogens (tertiary/aromatic N) is 1. The molecule has 1 aliphatic heterocycles. The number of ether oxygens (including phenoxy) is 1. The molecule has 0 amide bonds. The van der Waals surface area contributed by atoms with Crippen LogP contribution in [0.25, 0.3) is 5.88 Å². The van der Waals surface area contributed by atoms with Gasteiger partial charge in [-0.3, -0.25) is 9.78 Å². The van der Waals surface area contributed by atoms with Crippen LogP contribution < -0.4 is 11.2 Å². The number of nitrogens with one attached hydrogen (secondary N) is 1. The van der Waals surface area contributed by atoms with E-state index in [-0.39, 0.29) is 22.3 Å². The second-order valence-electron chi connectivity index (χ2n) is 11.1. The van der Waals surface area contributed by atoms with E-state index in [4.69, 9.17) is 13.6 Å². The first-order chi connectivity index (χ1) is 13.4. The van der Waals surface area contributed by atoms with Crippen molar-refractivity contribution in [2.45, 2.75) is 90.0 Å². The lowest BCUT2D eigenvalue weighted by molar-refractivity contribution is 0.0339. The molecule has 1 aromatic rings. The van der Waals surface area contributed by atoms with Crippen molar-refractivity contribution in [3.8, 4) is 0 Å². The first-order valence-electron chi connectivity index (χ1n) is 10.5. The third-order valence-corrected chi connectivity index (χ3v) is 15.6. The molecule has 1 aromatic heterocycles. The summed E-state index contributed by atoms with van der Waals surface area (Å²) in [5.41, 5.74) is -0.979. The van der Waals surface area contributed by atoms with Gasteiger partial charge in [-0.05, 0) is 36.3 Å². The van der Waals surface area contributed by atoms with E-state index in [1.165, 1.54) is 16.8 Å². The van der Waals surface area contributed by atoms with Crippen LogP contribution in [0.5, 0.6) is 0 Å². The van der Waals surface area contributed by atoms with E-state index in [2.05, 4.69) is 72.7 Å². The predicted octanol–water partition coefficient (Wildman–Crippen LogP) is 4.15. The van der Waals surface area contributed by atoms with Gasteiger partial charge in [0.1, 0.15) is 6.10 Å². The van der Waals surface area contributed by atoms with E-state index in [0.717, 1.165) is 0 Å². The Morgan fingerprint density at radius 3 is 2.10 bits per heavy atom. The van der Waals surface area contributed by atoms with Crippen LogP contribution in [-0.2, 0) is 13.6 Å². The van der Waals surface area contributed by atoms with Gasteiger partial charge in [-0.2, -0.15) is 0 Å². The highest BCUT2D eigenvalue weighted by molar-refractivity contribution is 6.74. The van der Waals surface area contributed by atoms with Crippen molar-refractivity contribution in [1.82, 2.24) is 9.55 Å². The molecular weight excluding hydrogens is 416 g/mol. The zero-order chi connectivity index (χ0) is 23.1. The Kier molecular flexibility index (Phi) is 6.83. The van der Waals surface area contributed by atoms with Gasteiger partial charge in [0.25, 0.3) is 5.56 Å². The molecule has 0 aliphatic carbocycles. The predicted molar refractivity (Wildman–Crippen MR) is 126 cm³/mol. The number of aromatic amines is 1. The molecule has 2 rings (SSSR count). The van der Waals surface area contributed by atoms with Gasteiger partial charge in [0, 0.05) is 18.3 Å². The minimum Gasteiger partial charge on any atom is -0.470 e. The highest BCUT2D eigenvalue weighted by Crippen LogP contribution is 2.40. The molecule has 0 bridgehead atoms. The van der Waals surface area contributed by atoms with Crippen molar-refractivity contribution in [2.75, 3.05) is 6.61 Å². The lowest BCUT2D eigenvalue weighted by Gasteiger charge is -2.40. The van der Waals surface area contributed by atoms with Crippen LogP contribution in [0.4, 0.5) is 0 Å². The van der Waals surface area contributed by atoms with Crippen molar-refractivity contribution < 1.29 is 13.6 Å². The van der Waals surface area contributed by atoms with Crippen molar-refractivity contribution in [2.24, 2.45) is 0 Å². The lowest BCUT2D eigenvalue weighted by atomic mass is 10.2. The van der Waals surface area contributed by atoms with Gasteiger partial charge < -0.3 is 13.6 Å². The van der Waals surface area contributed by atoms with Gasteiger partial charge in [0.15, 0.2) is 22.7 Å². The third kappa shape index (κ3) is 5.43. The fourth-order valence-corrected chi connectivity index (χ4v) is 4.77. The molecule has 2 atom stereocenters. The molecule has 0 unspecified atom stereocenters. The van der Waals surface area contributed by atoms with Gasteiger partial charge >= 0.3 is 5.69 Å². The monoisotopic (exact) mass is 454 g/mol. The normalized spacial score (nSPS) is 20.8. The molecule has 1 N–H and O–H groups in total. The Morgan fingerprint density at radius 2 is 1.60 bits per heavy atom. The van der Waals surface area contributed by atoms with E-state index in [9.17, 15) is 9.59 Å². The summed E-state index contributed by atoms with van der Waals surface area (Å²) in [6.07, 6.45) is 2.57. The van der Waals surface area contributed by atoms with E-state index in [1.54, 1.807) is 0 Å². The summed E-state index contributed by atoms with van der Waals surface area (Å²) in [6, 6.07) is 1.30. The second kappa shape index (κ2) is 8.25. The van der Waals surface area contributed by atoms with Crippen LogP contribution >= 0.6 is 0 Å². The molecule has 2 heterocycles. The van der Waals surface area contributed by atoms with Crippen molar-refractivity contribution in [1.29, 1.82) is 0 Å². The number of hydrogen-bond acceptors (Lipinski definition) is 5. The summed E-state index contributed by atoms with van der Waals surface area (Å²) < 4.78 is 20.5. The summed E-state index contributed by atoms with van der Waals surface area (Å²) in [4.78, 5) is 26.0. The van der Waals surface area contributed by atoms with Crippen LogP contribution in [0.3, 0.4) is 0 Å². The summed E-state index contributed by atoms with van der Waals surface area (Å²) in [7, 11) is -4.07. The van der Waals surface area contributed by atoms with Gasteiger partial charge in [-0.15, -0.1) is 0 Å². The number of rotatable bonds is 6. The van der Waals surface area contributed by atoms with Crippen molar-refractivity contribution >= 4 is 22.5 Å². The maximum Gasteiger partial charge on any atom is 0.335 e. The van der Waals surface area contributed by atoms with Crippen LogP contribution in [0, 0.1) is 0 Å². The van der Waals surface area contributed by atoms with Gasteiger partial charge in [-0.25, -0.2) is 9.36 Å². The van der Waals surface area contributed by atoms with Crippen molar-refractivity contribution in [3.63, 3.8) is 0 Å². The van der Waals surface area contributed by atoms with E-state index < -0.39 is 27.9 Å². The van der Waals surface area contributed by atoms with Crippen LogP contribution in [0.2, 0.25) is 36.3 Å². The summed E-state index contributed by atoms with van der Waals surface area (Å²) >= 11 is 0. The first kappa shape index (κ1) is 24.8. The standard InChI is InChI=1S/C21H38N2O5Si2/c1-20(2,3)29(7,8)26-14-16-15(28-30(9,10)21(4,5)6)13-18(27-16)23-12-11-17(24)22-19(23)25/h11-13,15-16H,14H2,1-10H3,(H,22,24,25)/t15-,16+/m0/s1. The minimum atomic E-state index is -2.09. The summed E-state index contributed by atoms with van der Waals surface area (Å²) in [6.45, 7) is 22.3. The maximum absolute atomic E-state index is 12.3. The van der Waals surface area contributed by atoms with E-state index in [0.29, 0.717) is 12.5 Å². The zero-order valence-electron chi connectivity index (χ0n) is 20.1. The Balaban J connectivity index is 2.33. The molecule has 0 saturated carbocycles. The average Bonchev–Trinajstić information content (AvgIpc) is 2.92. The molecule has 0 spiro atoms. The molecule has 30 heavy (non-hydrogen) atoms. The molecule has 170 valence electrons. The van der Waals surface area contributed by atoms with Gasteiger partial charge in [-0.1, -0.05) is 41.5 Å². The average molecular weight is 455 g/mol. The van der Waals surface area contributed by atoms with Crippen LogP contribution in [0.15, 0.2) is 27.9 Å². The fraction of sp³-hybridized carbons (Fsp3) is 0.714. The Hall–Kier alpha value is -1.43. The molecule has 0 aromatic carbocycles. The number of aromatic nitrogens is 2. The Bertz CT molecular complexity index is 903. The molecule has 0 radical (unpaired) electrons. The lowest BCUT2D eigenvalue weighted by Crippen LogP contribution is -2.48. The minimum absolute atomic E-state index is 0.0310. The van der Waals surface area contributed by atoms with E-state index >= 15 is 0 Å². The topological polar surface area (TPSA) is 82.5 Å². The Morgan fingerprint density at radius 1 is 1.03 bits per heavy atom. The molecule has 0 fully saturated rings. The number of H-pyrrole nitrogens is 1. The van der Waals surface area contributed by atoms with Gasteiger partial charge in [0.05, 0.1) is 6.61 Å². The molecule has 7 nitrogen and oxygen atoms in total. The van der Waals surface area contributed by atoms with Gasteiger partial charge in [0.2, 0.25) is 5.88 Å². The van der Waals surface area contributed by atoms with Crippen molar-refractivity contribution in [3.05, 3.63) is 39.2 Å². The molecular formula is C21H38N2O5Si2. The SMILES string of the molecule is CC(C)(C)[Si](C)(C)OC[C@H]1OC(n2ccc(=O)[nH]c2=O)=C[C@@H]1O[Si](C)(C)C(C)(C)C. The summed E-state index contributed by atoms with van der Waals surface area (Å²) in [5, 5.41) is 0.108. The highest BCUT2D eigenvalue weighted by atomic mass is 28.4. The maximum atomic E-state index is 12.3. The Labute approximate surface area is 181 Å². The molecule has 1 aliphatic rings. The number of hydrogen-bond donors (Lipinski definition) is 1. The largest absolute Gasteiger partial charge is 0.470 e. The quantitative estimate of drug-likeness (QED) is 0.653. The van der Waals surface area contributed by atoms with Crippen LogP contribution in [0.1, 0.15) is 41.5 Å². The summed E-state index contributed by atoms with van der Waals surface area (Å²) in [5.74, 6) is 0.365. The third-order valence-electron chi connectivity index (χ3n) is 6.66. The molecule has 0 saturated heterocycles. The smallest absolute Gasteiger partial charge is 0.335 e. The highest BCUT2D eigenvalue weighted by Gasteiger charge is 2.44. The van der Waals surface area contributed by atoms with Crippen LogP contribution in [-0.4, -0.2) is 45.0 Å². The molecule has 9 heteroatoms. The fourth-order valence-electron chi connectivity index (χ4n) is 2.50. The second-order valence-corrected chi connectivity index (χ2v) is 20.6. The zero-order valence-corrected chi connectivity index (χ0v) is 22.1.